The molecule has 9 heteroatoms. The number of anilines is 2. The zero-order valence-corrected chi connectivity index (χ0v) is 14.5. The van der Waals surface area contributed by atoms with Gasteiger partial charge in [0, 0.05) is 19.9 Å². The number of benzene rings is 1. The SMILES string of the molecule is COCCNC(=O)c1ccnc(Nc2cc(C(=O)OC)ccc2Cl)n1. The Hall–Kier alpha value is -2.71. The molecule has 0 saturated carbocycles. The van der Waals surface area contributed by atoms with E-state index in [2.05, 4.69) is 25.3 Å². The van der Waals surface area contributed by atoms with Gasteiger partial charge in [0.15, 0.2) is 0 Å². The van der Waals surface area contributed by atoms with Gasteiger partial charge in [-0.3, -0.25) is 4.79 Å². The van der Waals surface area contributed by atoms with Crippen LogP contribution in [0.1, 0.15) is 20.8 Å². The van der Waals surface area contributed by atoms with E-state index in [0.717, 1.165) is 0 Å². The van der Waals surface area contributed by atoms with Crippen LogP contribution in [0.3, 0.4) is 0 Å². The molecule has 8 nitrogen and oxygen atoms in total. The van der Waals surface area contributed by atoms with E-state index in [0.29, 0.717) is 29.4 Å². The number of rotatable bonds is 7. The maximum atomic E-state index is 12.0. The van der Waals surface area contributed by atoms with E-state index in [4.69, 9.17) is 16.3 Å². The van der Waals surface area contributed by atoms with Crippen molar-refractivity contribution >= 4 is 35.1 Å². The predicted molar refractivity (Wildman–Crippen MR) is 92.3 cm³/mol. The molecule has 132 valence electrons. The van der Waals surface area contributed by atoms with Crippen molar-refractivity contribution in [2.75, 3.05) is 32.7 Å². The van der Waals surface area contributed by atoms with E-state index in [1.807, 2.05) is 0 Å². The molecule has 0 unspecified atom stereocenters. The minimum Gasteiger partial charge on any atom is -0.465 e. The summed E-state index contributed by atoms with van der Waals surface area (Å²) in [6.07, 6.45) is 1.44. The normalized spacial score (nSPS) is 10.2. The Morgan fingerprint density at radius 1 is 1.24 bits per heavy atom. The van der Waals surface area contributed by atoms with Crippen LogP contribution >= 0.6 is 11.6 Å². The topological polar surface area (TPSA) is 102 Å². The van der Waals surface area contributed by atoms with Crippen LogP contribution in [-0.2, 0) is 9.47 Å². The second-order valence-corrected chi connectivity index (χ2v) is 5.23. The first-order valence-corrected chi connectivity index (χ1v) is 7.68. The Bertz CT molecular complexity index is 770. The molecule has 0 aliphatic carbocycles. The van der Waals surface area contributed by atoms with Gasteiger partial charge in [-0.15, -0.1) is 0 Å². The van der Waals surface area contributed by atoms with E-state index in [9.17, 15) is 9.59 Å². The maximum absolute atomic E-state index is 12.0. The third kappa shape index (κ3) is 5.13. The van der Waals surface area contributed by atoms with Crippen LogP contribution in [-0.4, -0.2) is 49.2 Å². The standard InChI is InChI=1S/C16H17ClN4O4/c1-24-8-7-18-14(22)12-5-6-19-16(20-12)21-13-9-10(15(23)25-2)3-4-11(13)17/h3-6,9H,7-8H2,1-2H3,(H,18,22)(H,19,20,21). The average Bonchev–Trinajstić information content (AvgIpc) is 2.63. The van der Waals surface area contributed by atoms with E-state index >= 15 is 0 Å². The molecule has 2 rings (SSSR count). The Morgan fingerprint density at radius 3 is 2.76 bits per heavy atom. The fraction of sp³-hybridized carbons (Fsp3) is 0.250. The summed E-state index contributed by atoms with van der Waals surface area (Å²) in [6, 6.07) is 6.10. The molecule has 0 saturated heterocycles. The van der Waals surface area contributed by atoms with Crippen molar-refractivity contribution in [2.45, 2.75) is 0 Å². The summed E-state index contributed by atoms with van der Waals surface area (Å²) in [7, 11) is 2.84. The Morgan fingerprint density at radius 2 is 2.04 bits per heavy atom. The zero-order valence-electron chi connectivity index (χ0n) is 13.7. The van der Waals surface area contributed by atoms with Crippen molar-refractivity contribution in [3.63, 3.8) is 0 Å². The quantitative estimate of drug-likeness (QED) is 0.572. The molecule has 1 aromatic heterocycles. The van der Waals surface area contributed by atoms with Crippen LogP contribution in [0.4, 0.5) is 11.6 Å². The number of nitrogens with one attached hydrogen (secondary N) is 2. The number of methoxy groups -OCH3 is 2. The molecule has 1 heterocycles. The van der Waals surface area contributed by atoms with Crippen molar-refractivity contribution in [1.29, 1.82) is 0 Å². The van der Waals surface area contributed by atoms with Crippen LogP contribution in [0.25, 0.3) is 0 Å². The molecule has 2 aromatic rings. The van der Waals surface area contributed by atoms with Gasteiger partial charge in [0.25, 0.3) is 5.91 Å². The molecule has 0 spiro atoms. The molecule has 0 aliphatic rings. The van der Waals surface area contributed by atoms with Gasteiger partial charge >= 0.3 is 5.97 Å². The lowest BCUT2D eigenvalue weighted by Crippen LogP contribution is -2.27. The average molecular weight is 365 g/mol. The first-order chi connectivity index (χ1) is 12.0. The predicted octanol–water partition coefficient (Wildman–Crippen LogP) is 2.04. The molecule has 1 aromatic carbocycles. The number of carbonyl (C=O) groups is 2. The van der Waals surface area contributed by atoms with Gasteiger partial charge in [-0.1, -0.05) is 11.6 Å². The van der Waals surface area contributed by atoms with Gasteiger partial charge in [-0.05, 0) is 24.3 Å². The summed E-state index contributed by atoms with van der Waals surface area (Å²) in [6.45, 7) is 0.771. The second kappa shape index (κ2) is 8.95. The molecule has 0 atom stereocenters. The van der Waals surface area contributed by atoms with E-state index in [-0.39, 0.29) is 17.5 Å². The lowest BCUT2D eigenvalue weighted by atomic mass is 10.2. The third-order valence-electron chi connectivity index (χ3n) is 3.11. The highest BCUT2D eigenvalue weighted by atomic mass is 35.5. The minimum atomic E-state index is -0.494. The number of aromatic nitrogens is 2. The van der Waals surface area contributed by atoms with Crippen molar-refractivity contribution in [3.8, 4) is 0 Å². The van der Waals surface area contributed by atoms with Crippen LogP contribution in [0.2, 0.25) is 5.02 Å². The molecule has 2 N–H and O–H groups in total. The number of ether oxygens (including phenoxy) is 2. The minimum absolute atomic E-state index is 0.170. The van der Waals surface area contributed by atoms with E-state index in [1.54, 1.807) is 19.2 Å². The highest BCUT2D eigenvalue weighted by Gasteiger charge is 2.12. The van der Waals surface area contributed by atoms with Crippen LogP contribution in [0, 0.1) is 0 Å². The molecule has 0 bridgehead atoms. The number of amides is 1. The van der Waals surface area contributed by atoms with Crippen molar-refractivity contribution in [2.24, 2.45) is 0 Å². The van der Waals surface area contributed by atoms with Crippen molar-refractivity contribution < 1.29 is 19.1 Å². The highest BCUT2D eigenvalue weighted by molar-refractivity contribution is 6.33. The van der Waals surface area contributed by atoms with Crippen LogP contribution in [0.5, 0.6) is 0 Å². The first kappa shape index (κ1) is 18.6. The van der Waals surface area contributed by atoms with E-state index in [1.165, 1.54) is 25.4 Å². The fourth-order valence-corrected chi connectivity index (χ4v) is 2.05. The fourth-order valence-electron chi connectivity index (χ4n) is 1.89. The molecule has 1 amide bonds. The van der Waals surface area contributed by atoms with Gasteiger partial charge < -0.3 is 20.1 Å². The summed E-state index contributed by atoms with van der Waals surface area (Å²) in [5.74, 6) is -0.674. The summed E-state index contributed by atoms with van der Waals surface area (Å²) < 4.78 is 9.55. The van der Waals surface area contributed by atoms with Gasteiger partial charge in [0.05, 0.1) is 30.0 Å². The van der Waals surface area contributed by atoms with Crippen LogP contribution in [0.15, 0.2) is 30.5 Å². The number of hydrogen-bond acceptors (Lipinski definition) is 7. The first-order valence-electron chi connectivity index (χ1n) is 7.30. The van der Waals surface area contributed by atoms with Gasteiger partial charge in [0.2, 0.25) is 5.95 Å². The Labute approximate surface area is 149 Å². The highest BCUT2D eigenvalue weighted by Crippen LogP contribution is 2.25. The zero-order chi connectivity index (χ0) is 18.2. The van der Waals surface area contributed by atoms with E-state index < -0.39 is 5.97 Å². The number of carbonyl (C=O) groups excluding carboxylic acids is 2. The van der Waals surface area contributed by atoms with Crippen molar-refractivity contribution in [3.05, 3.63) is 46.7 Å². The summed E-state index contributed by atoms with van der Waals surface area (Å²) in [5.41, 5.74) is 0.929. The summed E-state index contributed by atoms with van der Waals surface area (Å²) >= 11 is 6.12. The Balaban J connectivity index is 2.17. The van der Waals surface area contributed by atoms with Gasteiger partial charge in [-0.2, -0.15) is 0 Å². The van der Waals surface area contributed by atoms with Gasteiger partial charge in [0.1, 0.15) is 5.69 Å². The number of nitrogens with zero attached hydrogens (tertiary/aromatic N) is 2. The lowest BCUT2D eigenvalue weighted by molar-refractivity contribution is 0.0600. The number of halogens is 1. The molecule has 25 heavy (non-hydrogen) atoms. The molecule has 0 fully saturated rings. The maximum Gasteiger partial charge on any atom is 0.337 e. The smallest absolute Gasteiger partial charge is 0.337 e. The van der Waals surface area contributed by atoms with Crippen LogP contribution < -0.4 is 10.6 Å². The second-order valence-electron chi connectivity index (χ2n) is 4.83. The Kier molecular flexibility index (Phi) is 6.67. The monoisotopic (exact) mass is 364 g/mol. The van der Waals surface area contributed by atoms with Gasteiger partial charge in [-0.25, -0.2) is 14.8 Å². The third-order valence-corrected chi connectivity index (χ3v) is 3.44. The molecular formula is C16H17ClN4O4. The summed E-state index contributed by atoms with van der Waals surface area (Å²) in [5, 5.41) is 5.92. The lowest BCUT2D eigenvalue weighted by Gasteiger charge is -2.09. The summed E-state index contributed by atoms with van der Waals surface area (Å²) in [4.78, 5) is 31.8. The molecule has 0 radical (unpaired) electrons. The molecule has 0 aliphatic heterocycles. The largest absolute Gasteiger partial charge is 0.465 e. The number of hydrogen-bond donors (Lipinski definition) is 2. The molecular weight excluding hydrogens is 348 g/mol. The van der Waals surface area contributed by atoms with Crippen molar-refractivity contribution in [1.82, 2.24) is 15.3 Å². The number of esters is 1.